The second kappa shape index (κ2) is 9.10. The van der Waals surface area contributed by atoms with Crippen LogP contribution in [0.2, 0.25) is 0 Å². The monoisotopic (exact) mass is 367 g/mol. The van der Waals surface area contributed by atoms with Gasteiger partial charge in [-0.15, -0.1) is 0 Å². The van der Waals surface area contributed by atoms with Crippen LogP contribution in [0.25, 0.3) is 0 Å². The summed E-state index contributed by atoms with van der Waals surface area (Å²) in [4.78, 5) is 4.24. The van der Waals surface area contributed by atoms with Crippen molar-refractivity contribution < 1.29 is 22.6 Å². The van der Waals surface area contributed by atoms with Crippen molar-refractivity contribution in [3.63, 3.8) is 0 Å². The van der Waals surface area contributed by atoms with Gasteiger partial charge in [0.25, 0.3) is 0 Å². The Morgan fingerprint density at radius 3 is 2.38 bits per heavy atom. The molecule has 0 atom stereocenters. The number of para-hydroxylation sites is 2. The van der Waals surface area contributed by atoms with Crippen LogP contribution in [0.1, 0.15) is 11.1 Å². The average Bonchev–Trinajstić information content (AvgIpc) is 2.60. The predicted molar refractivity (Wildman–Crippen MR) is 94.1 cm³/mol. The number of nitrogens with two attached hydrogens (primary N) is 1. The summed E-state index contributed by atoms with van der Waals surface area (Å²) in [7, 11) is 1.56. The van der Waals surface area contributed by atoms with Crippen molar-refractivity contribution in [1.29, 1.82) is 0 Å². The lowest BCUT2D eigenvalue weighted by atomic mass is 10.1. The third-order valence-electron chi connectivity index (χ3n) is 3.36. The van der Waals surface area contributed by atoms with Crippen molar-refractivity contribution in [3.8, 4) is 5.75 Å². The van der Waals surface area contributed by atoms with E-state index < -0.39 is 12.8 Å². The lowest BCUT2D eigenvalue weighted by Crippen LogP contribution is -2.22. The zero-order chi connectivity index (χ0) is 19.0. The Labute approximate surface area is 149 Å². The van der Waals surface area contributed by atoms with Crippen molar-refractivity contribution in [3.05, 3.63) is 59.7 Å². The highest BCUT2D eigenvalue weighted by atomic mass is 19.4. The van der Waals surface area contributed by atoms with Gasteiger partial charge in [-0.25, -0.2) is 4.99 Å². The lowest BCUT2D eigenvalue weighted by molar-refractivity contribution is -0.176. The number of aliphatic imine (C=N–C) groups is 1. The van der Waals surface area contributed by atoms with Crippen LogP contribution < -0.4 is 15.8 Å². The molecule has 2 aromatic rings. The number of nitrogens with zero attached hydrogens (tertiary/aromatic N) is 1. The Morgan fingerprint density at radius 2 is 1.73 bits per heavy atom. The Hall–Kier alpha value is -2.74. The molecule has 26 heavy (non-hydrogen) atoms. The molecule has 0 aliphatic heterocycles. The number of benzene rings is 2. The average molecular weight is 367 g/mol. The predicted octanol–water partition coefficient (Wildman–Crippen LogP) is 3.70. The third-order valence-corrected chi connectivity index (χ3v) is 3.36. The van der Waals surface area contributed by atoms with Crippen molar-refractivity contribution in [2.75, 3.05) is 19.0 Å². The van der Waals surface area contributed by atoms with E-state index in [2.05, 4.69) is 15.0 Å². The molecule has 0 heterocycles. The molecule has 0 aromatic heterocycles. The Bertz CT molecular complexity index is 731. The number of guanidine groups is 1. The van der Waals surface area contributed by atoms with Crippen LogP contribution in [0.15, 0.2) is 53.5 Å². The number of alkyl halides is 3. The largest absolute Gasteiger partial charge is 0.495 e. The molecule has 0 spiro atoms. The van der Waals surface area contributed by atoms with E-state index in [0.29, 0.717) is 23.5 Å². The van der Waals surface area contributed by atoms with Gasteiger partial charge in [-0.1, -0.05) is 36.4 Å². The fourth-order valence-corrected chi connectivity index (χ4v) is 2.13. The van der Waals surface area contributed by atoms with Crippen LogP contribution in [0.4, 0.5) is 18.9 Å². The molecule has 2 aromatic carbocycles. The van der Waals surface area contributed by atoms with Crippen LogP contribution in [0, 0.1) is 0 Å². The normalized spacial score (nSPS) is 12.1. The summed E-state index contributed by atoms with van der Waals surface area (Å²) in [5, 5.41) is 2.96. The van der Waals surface area contributed by atoms with E-state index in [9.17, 15) is 13.2 Å². The molecule has 0 bridgehead atoms. The minimum atomic E-state index is -4.32. The molecule has 0 aliphatic rings. The Morgan fingerprint density at radius 1 is 1.08 bits per heavy atom. The molecule has 3 N–H and O–H groups in total. The van der Waals surface area contributed by atoms with Gasteiger partial charge in [-0.05, 0) is 23.3 Å². The highest BCUT2D eigenvalue weighted by Crippen LogP contribution is 2.22. The number of nitrogens with one attached hydrogen (secondary N) is 1. The number of halogens is 3. The first-order valence-electron chi connectivity index (χ1n) is 7.79. The number of hydrogen-bond donors (Lipinski definition) is 2. The maximum atomic E-state index is 12.0. The second-order valence-electron chi connectivity index (χ2n) is 5.45. The number of methoxy groups -OCH3 is 1. The summed E-state index contributed by atoms with van der Waals surface area (Å²) in [6, 6.07) is 14.2. The van der Waals surface area contributed by atoms with Crippen molar-refractivity contribution >= 4 is 11.6 Å². The van der Waals surface area contributed by atoms with Crippen LogP contribution in [0.3, 0.4) is 0 Å². The van der Waals surface area contributed by atoms with Gasteiger partial charge >= 0.3 is 6.18 Å². The first kappa shape index (κ1) is 19.6. The number of ether oxygens (including phenoxy) is 2. The Kier molecular flexibility index (Phi) is 6.85. The van der Waals surface area contributed by atoms with Crippen LogP contribution in [-0.2, 0) is 17.9 Å². The van der Waals surface area contributed by atoms with E-state index in [1.54, 1.807) is 37.4 Å². The number of hydrogen-bond acceptors (Lipinski definition) is 3. The van der Waals surface area contributed by atoms with Crippen molar-refractivity contribution in [1.82, 2.24) is 0 Å². The van der Waals surface area contributed by atoms with Crippen molar-refractivity contribution in [2.45, 2.75) is 19.3 Å². The first-order valence-corrected chi connectivity index (χ1v) is 7.79. The van der Waals surface area contributed by atoms with Gasteiger partial charge in [-0.3, -0.25) is 0 Å². The molecule has 0 radical (unpaired) electrons. The summed E-state index contributed by atoms with van der Waals surface area (Å²) in [6.45, 7) is -1.03. The van der Waals surface area contributed by atoms with E-state index in [0.717, 1.165) is 5.56 Å². The molecule has 0 saturated heterocycles. The fraction of sp³-hybridized carbons (Fsp3) is 0.278. The minimum Gasteiger partial charge on any atom is -0.495 e. The zero-order valence-electron chi connectivity index (χ0n) is 14.2. The maximum Gasteiger partial charge on any atom is 0.411 e. The minimum absolute atomic E-state index is 0.0967. The summed E-state index contributed by atoms with van der Waals surface area (Å²) in [5.74, 6) is 0.876. The summed E-state index contributed by atoms with van der Waals surface area (Å²) in [5.41, 5.74) is 8.10. The molecule has 140 valence electrons. The van der Waals surface area contributed by atoms with Gasteiger partial charge in [0.1, 0.15) is 12.4 Å². The fourth-order valence-electron chi connectivity index (χ4n) is 2.13. The third kappa shape index (κ3) is 6.64. The maximum absolute atomic E-state index is 12.0. The molecule has 0 fully saturated rings. The molecule has 0 unspecified atom stereocenters. The van der Waals surface area contributed by atoms with Gasteiger partial charge in [0.05, 0.1) is 25.9 Å². The first-order chi connectivity index (χ1) is 12.4. The number of rotatable bonds is 7. The van der Waals surface area contributed by atoms with Crippen LogP contribution >= 0.6 is 0 Å². The molecular formula is C18H20F3N3O2. The highest BCUT2D eigenvalue weighted by Gasteiger charge is 2.27. The number of anilines is 1. The van der Waals surface area contributed by atoms with Crippen LogP contribution in [0.5, 0.6) is 5.75 Å². The molecule has 2 rings (SSSR count). The summed E-state index contributed by atoms with van der Waals surface area (Å²) >= 11 is 0. The quantitative estimate of drug-likeness (QED) is 0.578. The van der Waals surface area contributed by atoms with Gasteiger partial charge in [0.2, 0.25) is 0 Å². The molecule has 0 amide bonds. The van der Waals surface area contributed by atoms with Gasteiger partial charge < -0.3 is 20.5 Å². The smallest absolute Gasteiger partial charge is 0.411 e. The van der Waals surface area contributed by atoms with Gasteiger partial charge in [0.15, 0.2) is 5.96 Å². The topological polar surface area (TPSA) is 68.9 Å². The standard InChI is InChI=1S/C18H20F3N3O2/c1-25-16-5-3-2-4-15(16)24-17(22)23-10-13-6-8-14(9-7-13)11-26-12-18(19,20)21/h2-9H,10-12H2,1H3,(H3,22,23,24). The summed E-state index contributed by atoms with van der Waals surface area (Å²) < 4.78 is 45.9. The Balaban J connectivity index is 1.87. The lowest BCUT2D eigenvalue weighted by Gasteiger charge is -2.10. The van der Waals surface area contributed by atoms with E-state index in [-0.39, 0.29) is 12.6 Å². The highest BCUT2D eigenvalue weighted by molar-refractivity contribution is 5.93. The SMILES string of the molecule is COc1ccccc1NC(N)=NCc1ccc(COCC(F)(F)F)cc1. The zero-order valence-corrected chi connectivity index (χ0v) is 14.2. The molecule has 5 nitrogen and oxygen atoms in total. The second-order valence-corrected chi connectivity index (χ2v) is 5.45. The summed E-state index contributed by atoms with van der Waals surface area (Å²) in [6.07, 6.45) is -4.32. The van der Waals surface area contributed by atoms with Gasteiger partial charge in [-0.2, -0.15) is 13.2 Å². The molecule has 0 saturated carbocycles. The van der Waals surface area contributed by atoms with Crippen LogP contribution in [-0.4, -0.2) is 25.9 Å². The van der Waals surface area contributed by atoms with E-state index >= 15 is 0 Å². The molecule has 0 aliphatic carbocycles. The molecule has 8 heteroatoms. The van der Waals surface area contributed by atoms with Crippen molar-refractivity contribution in [2.24, 2.45) is 10.7 Å². The van der Waals surface area contributed by atoms with Gasteiger partial charge in [0, 0.05) is 0 Å². The molecular weight excluding hydrogens is 347 g/mol. The van der Waals surface area contributed by atoms with E-state index in [4.69, 9.17) is 10.5 Å². The van der Waals surface area contributed by atoms with E-state index in [1.807, 2.05) is 18.2 Å². The van der Waals surface area contributed by atoms with E-state index in [1.165, 1.54) is 0 Å².